The smallest absolute Gasteiger partial charge is 0.0713 e. The molecule has 0 unspecified atom stereocenters. The summed E-state index contributed by atoms with van der Waals surface area (Å²) in [7, 11) is 0. The van der Waals surface area contributed by atoms with Crippen molar-refractivity contribution in [2.24, 2.45) is 0 Å². The third-order valence-corrected chi connectivity index (χ3v) is 12.8. The topological polar surface area (TPSA) is 9.86 Å². The molecule has 0 amide bonds. The van der Waals surface area contributed by atoms with Crippen LogP contribution in [0, 0.1) is 0 Å². The lowest BCUT2D eigenvalue weighted by molar-refractivity contribution is 0.767. The minimum absolute atomic E-state index is 0.470. The second-order valence-electron chi connectivity index (χ2n) is 16.5. The van der Waals surface area contributed by atoms with Gasteiger partial charge in [-0.1, -0.05) is 149 Å². The molecule has 0 spiro atoms. The quantitative estimate of drug-likeness (QED) is 0.161. The zero-order chi connectivity index (χ0) is 38.4. The van der Waals surface area contributed by atoms with E-state index in [2.05, 4.69) is 219 Å². The molecule has 11 rings (SSSR count). The lowest BCUT2D eigenvalue weighted by Gasteiger charge is -2.34. The van der Waals surface area contributed by atoms with Crippen LogP contribution in [0.3, 0.4) is 0 Å². The molecule has 274 valence electrons. The molecule has 0 fully saturated rings. The molecule has 2 aromatic heterocycles. The van der Waals surface area contributed by atoms with E-state index in [4.69, 9.17) is 0 Å². The second-order valence-corrected chi connectivity index (χ2v) is 16.5. The summed E-state index contributed by atoms with van der Waals surface area (Å²) >= 11 is 0. The molecule has 0 saturated heterocycles. The zero-order valence-electron chi connectivity index (χ0n) is 32.9. The highest BCUT2D eigenvalue weighted by Gasteiger charge is 2.46. The molecule has 0 radical (unpaired) electrons. The van der Waals surface area contributed by atoms with Crippen LogP contribution in [0.5, 0.6) is 0 Å². The number of benzene rings is 8. The highest BCUT2D eigenvalue weighted by Crippen LogP contribution is 2.56. The monoisotopic (exact) mass is 732 g/mol. The van der Waals surface area contributed by atoms with Gasteiger partial charge in [0.1, 0.15) is 0 Å². The average Bonchev–Trinajstić information content (AvgIpc) is 3.88. The third kappa shape index (κ3) is 4.83. The maximum atomic E-state index is 2.44. The Kier molecular flexibility index (Phi) is 7.50. The lowest BCUT2D eigenvalue weighted by Crippen LogP contribution is -2.28. The van der Waals surface area contributed by atoms with Crippen LogP contribution in [-0.4, -0.2) is 9.13 Å². The van der Waals surface area contributed by atoms with Gasteiger partial charge in [-0.25, -0.2) is 0 Å². The summed E-state index contributed by atoms with van der Waals surface area (Å²) in [6, 6.07) is 68.6. The molecule has 2 heterocycles. The van der Waals surface area contributed by atoms with Crippen molar-refractivity contribution >= 4 is 43.6 Å². The number of aromatic nitrogens is 2. The summed E-state index contributed by atoms with van der Waals surface area (Å²) in [4.78, 5) is 0. The van der Waals surface area contributed by atoms with Gasteiger partial charge in [-0.2, -0.15) is 0 Å². The first-order chi connectivity index (χ1) is 27.9. The highest BCUT2D eigenvalue weighted by molar-refractivity contribution is 6.10. The molecule has 0 aliphatic heterocycles. The predicted molar refractivity (Wildman–Crippen MR) is 241 cm³/mol. The average molecular weight is 733 g/mol. The minimum atomic E-state index is -0.496. The van der Waals surface area contributed by atoms with Gasteiger partial charge < -0.3 is 9.13 Å². The number of nitrogens with zero attached hydrogens (tertiary/aromatic N) is 2. The molecular weight excluding hydrogens is 689 g/mol. The molecule has 8 aromatic carbocycles. The molecular formula is C55H44N2. The van der Waals surface area contributed by atoms with Crippen LogP contribution in [0.2, 0.25) is 0 Å². The van der Waals surface area contributed by atoms with E-state index in [0.29, 0.717) is 11.8 Å². The molecule has 57 heavy (non-hydrogen) atoms. The Morgan fingerprint density at radius 1 is 0.351 bits per heavy atom. The number of hydrogen-bond donors (Lipinski definition) is 0. The van der Waals surface area contributed by atoms with Crippen LogP contribution < -0.4 is 0 Å². The summed E-state index contributed by atoms with van der Waals surface area (Å²) in [5.41, 5.74) is 17.3. The summed E-state index contributed by atoms with van der Waals surface area (Å²) in [5.74, 6) is 0.941. The first-order valence-corrected chi connectivity index (χ1v) is 20.4. The van der Waals surface area contributed by atoms with Gasteiger partial charge in [0, 0.05) is 32.9 Å². The van der Waals surface area contributed by atoms with Crippen molar-refractivity contribution in [2.45, 2.75) is 44.9 Å². The molecule has 1 aliphatic carbocycles. The molecule has 0 atom stereocenters. The van der Waals surface area contributed by atoms with Gasteiger partial charge in [0.05, 0.1) is 27.5 Å². The Morgan fingerprint density at radius 2 is 0.719 bits per heavy atom. The lowest BCUT2D eigenvalue weighted by atomic mass is 9.67. The van der Waals surface area contributed by atoms with E-state index in [0.717, 1.165) is 0 Å². The van der Waals surface area contributed by atoms with Crippen molar-refractivity contribution < 1.29 is 0 Å². The third-order valence-electron chi connectivity index (χ3n) is 12.8. The largest absolute Gasteiger partial charge is 0.309 e. The fourth-order valence-corrected chi connectivity index (χ4v) is 10.0. The van der Waals surface area contributed by atoms with Crippen molar-refractivity contribution in [1.82, 2.24) is 9.13 Å². The highest BCUT2D eigenvalue weighted by atomic mass is 15.0. The number of rotatable bonds is 6. The maximum absolute atomic E-state index is 2.44. The van der Waals surface area contributed by atoms with Crippen LogP contribution in [-0.2, 0) is 5.41 Å². The van der Waals surface area contributed by atoms with E-state index in [9.17, 15) is 0 Å². The second kappa shape index (κ2) is 12.7. The first kappa shape index (κ1) is 33.7. The standard InChI is InChI=1S/C55H44N2/c1-35(2)37-21-31-53-47(33-37)45-15-7-11-19-51(45)56(53)41-27-23-39(24-28-41)55(49-17-9-5-13-43(49)44-14-6-10-18-50(44)55)40-25-29-42(30-26-40)57-52-20-12-8-16-46(52)48-34-38(36(3)4)22-32-54(48)57/h5-36H,1-4H3. The molecule has 2 nitrogen and oxygen atoms in total. The van der Waals surface area contributed by atoms with Crippen molar-refractivity contribution in [1.29, 1.82) is 0 Å². The van der Waals surface area contributed by atoms with Crippen molar-refractivity contribution in [2.75, 3.05) is 0 Å². The first-order valence-electron chi connectivity index (χ1n) is 20.4. The summed E-state index contributed by atoms with van der Waals surface area (Å²) in [6.45, 7) is 9.09. The number of hydrogen-bond acceptors (Lipinski definition) is 0. The Labute approximate surface area is 334 Å². The molecule has 0 N–H and O–H groups in total. The van der Waals surface area contributed by atoms with Crippen LogP contribution in [0.1, 0.15) is 72.9 Å². The van der Waals surface area contributed by atoms with Gasteiger partial charge in [0.25, 0.3) is 0 Å². The van der Waals surface area contributed by atoms with Gasteiger partial charge >= 0.3 is 0 Å². The fraction of sp³-hybridized carbons (Fsp3) is 0.127. The van der Waals surface area contributed by atoms with E-state index < -0.39 is 5.41 Å². The Hall–Kier alpha value is -6.64. The van der Waals surface area contributed by atoms with Gasteiger partial charge in [0.15, 0.2) is 0 Å². The summed E-state index contributed by atoms with van der Waals surface area (Å²) in [6.07, 6.45) is 0. The Bertz CT molecular complexity index is 2950. The van der Waals surface area contributed by atoms with Crippen molar-refractivity contribution in [3.8, 4) is 22.5 Å². The van der Waals surface area contributed by atoms with Crippen molar-refractivity contribution in [3.63, 3.8) is 0 Å². The predicted octanol–water partition coefficient (Wildman–Crippen LogP) is 14.5. The maximum Gasteiger partial charge on any atom is 0.0713 e. The van der Waals surface area contributed by atoms with E-state index in [1.165, 1.54) is 99.5 Å². The fourth-order valence-electron chi connectivity index (χ4n) is 10.0. The van der Waals surface area contributed by atoms with Crippen LogP contribution in [0.15, 0.2) is 182 Å². The molecule has 1 aliphatic rings. The Morgan fingerprint density at radius 3 is 1.14 bits per heavy atom. The molecule has 10 aromatic rings. The van der Waals surface area contributed by atoms with Gasteiger partial charge in [-0.3, -0.25) is 0 Å². The van der Waals surface area contributed by atoms with Crippen LogP contribution in [0.4, 0.5) is 0 Å². The van der Waals surface area contributed by atoms with E-state index in [-0.39, 0.29) is 0 Å². The summed E-state index contributed by atoms with van der Waals surface area (Å²) in [5, 5.41) is 5.19. The number of para-hydroxylation sites is 2. The van der Waals surface area contributed by atoms with Gasteiger partial charge in [0.2, 0.25) is 0 Å². The van der Waals surface area contributed by atoms with Crippen LogP contribution >= 0.6 is 0 Å². The van der Waals surface area contributed by atoms with E-state index in [1.54, 1.807) is 0 Å². The minimum Gasteiger partial charge on any atom is -0.309 e. The number of fused-ring (bicyclic) bond motifs is 9. The molecule has 2 heteroatoms. The zero-order valence-corrected chi connectivity index (χ0v) is 32.9. The molecule has 0 bridgehead atoms. The van der Waals surface area contributed by atoms with E-state index >= 15 is 0 Å². The van der Waals surface area contributed by atoms with Crippen LogP contribution in [0.25, 0.3) is 66.1 Å². The Balaban J connectivity index is 1.11. The van der Waals surface area contributed by atoms with E-state index in [1.807, 2.05) is 0 Å². The summed E-state index contributed by atoms with van der Waals surface area (Å²) < 4.78 is 4.87. The normalized spacial score (nSPS) is 13.4. The SMILES string of the molecule is CC(C)c1ccc2c(c1)c1ccccc1n2-c1ccc(C2(c3ccc(-n4c5ccccc5c5cc(C(C)C)ccc54)cc3)c3ccccc3-c3ccccc32)cc1. The van der Waals surface area contributed by atoms with Gasteiger partial charge in [-0.05, 0) is 117 Å². The molecule has 0 saturated carbocycles. The van der Waals surface area contributed by atoms with Gasteiger partial charge in [-0.15, -0.1) is 0 Å². The van der Waals surface area contributed by atoms with Crippen molar-refractivity contribution in [3.05, 3.63) is 215 Å².